The predicted octanol–water partition coefficient (Wildman–Crippen LogP) is 6.58. The van der Waals surface area contributed by atoms with Crippen molar-refractivity contribution in [3.05, 3.63) is 0 Å². The highest BCUT2D eigenvalue weighted by molar-refractivity contribution is 7.99. The van der Waals surface area contributed by atoms with Crippen molar-refractivity contribution in [2.75, 3.05) is 38.7 Å². The summed E-state index contributed by atoms with van der Waals surface area (Å²) in [6, 6.07) is 0. The number of nitrogens with one attached hydrogen (secondary N) is 1. The second kappa shape index (κ2) is 12.2. The van der Waals surface area contributed by atoms with E-state index >= 15 is 0 Å². The highest BCUT2D eigenvalue weighted by Crippen LogP contribution is 2.64. The van der Waals surface area contributed by atoms with E-state index in [1.54, 1.807) is 19.0 Å². The van der Waals surface area contributed by atoms with Gasteiger partial charge in [-0.3, -0.25) is 4.79 Å². The second-order valence-corrected chi connectivity index (χ2v) is 9.49. The van der Waals surface area contributed by atoms with Crippen molar-refractivity contribution in [1.29, 1.82) is 0 Å². The van der Waals surface area contributed by atoms with E-state index in [1.807, 2.05) is 0 Å². The third-order valence-corrected chi connectivity index (χ3v) is 5.91. The van der Waals surface area contributed by atoms with Crippen LogP contribution in [-0.4, -0.2) is 97.1 Å². The molecule has 3 nitrogen and oxygen atoms in total. The number of hydrogen-bond acceptors (Lipinski definition) is 3. The van der Waals surface area contributed by atoms with Crippen molar-refractivity contribution < 1.29 is 79.4 Å². The molecule has 0 rings (SSSR count). The SMILES string of the molecule is CN(C)CCCNC(=O)CCSCCC(F)(F)C(F)(F)C(F)(F)C(F)(F)C(F)(F)C(F)(F)C(F)(F)C(F)(F)F. The summed E-state index contributed by atoms with van der Waals surface area (Å²) in [6.07, 6.45) is -10.2. The zero-order valence-corrected chi connectivity index (χ0v) is 20.5. The van der Waals surface area contributed by atoms with Crippen molar-refractivity contribution >= 4 is 17.7 Å². The molecule has 39 heavy (non-hydrogen) atoms. The molecule has 0 aliphatic heterocycles. The zero-order chi connectivity index (χ0) is 31.5. The van der Waals surface area contributed by atoms with Crippen LogP contribution in [0.5, 0.6) is 0 Å². The minimum absolute atomic E-state index is 0.174. The van der Waals surface area contributed by atoms with Gasteiger partial charge in [-0.15, -0.1) is 0 Å². The highest BCUT2D eigenvalue weighted by atomic mass is 32.2. The number of halogens is 17. The van der Waals surface area contributed by atoms with Gasteiger partial charge in [-0.1, -0.05) is 0 Å². The summed E-state index contributed by atoms with van der Waals surface area (Å²) in [4.78, 5) is 13.3. The van der Waals surface area contributed by atoms with Crippen LogP contribution < -0.4 is 5.32 Å². The lowest BCUT2D eigenvalue weighted by molar-refractivity contribution is -0.461. The smallest absolute Gasteiger partial charge is 0.356 e. The molecule has 0 aliphatic carbocycles. The normalized spacial score (nSPS) is 15.2. The molecule has 0 saturated heterocycles. The maximum Gasteiger partial charge on any atom is 0.460 e. The summed E-state index contributed by atoms with van der Waals surface area (Å²) in [5.41, 5.74) is 0. The van der Waals surface area contributed by atoms with Crippen molar-refractivity contribution in [2.45, 2.75) is 66.9 Å². The van der Waals surface area contributed by atoms with Crippen LogP contribution in [0.15, 0.2) is 0 Å². The van der Waals surface area contributed by atoms with Crippen LogP contribution in [0.2, 0.25) is 0 Å². The molecule has 0 aromatic heterocycles. The Labute approximate surface area is 213 Å². The lowest BCUT2D eigenvalue weighted by Crippen LogP contribution is -2.74. The van der Waals surface area contributed by atoms with Crippen LogP contribution >= 0.6 is 11.8 Å². The van der Waals surface area contributed by atoms with Crippen LogP contribution in [0.3, 0.4) is 0 Å². The summed E-state index contributed by atoms with van der Waals surface area (Å²) >= 11 is 0.196. The van der Waals surface area contributed by atoms with E-state index < -0.39 is 77.9 Å². The molecule has 0 unspecified atom stereocenters. The number of alkyl halides is 17. The summed E-state index contributed by atoms with van der Waals surface area (Å²) in [5, 5.41) is 2.37. The molecule has 234 valence electrons. The first kappa shape index (κ1) is 37.6. The van der Waals surface area contributed by atoms with Gasteiger partial charge in [-0.2, -0.15) is 86.4 Å². The van der Waals surface area contributed by atoms with Crippen LogP contribution in [0.25, 0.3) is 0 Å². The minimum Gasteiger partial charge on any atom is -0.356 e. The molecule has 0 aromatic carbocycles. The molecule has 0 aromatic rings. The molecule has 1 N–H and O–H groups in total. The number of thioether (sulfide) groups is 1. The van der Waals surface area contributed by atoms with Gasteiger partial charge in [0.05, 0.1) is 0 Å². The molecule has 21 heteroatoms. The van der Waals surface area contributed by atoms with E-state index in [4.69, 9.17) is 0 Å². The quantitative estimate of drug-likeness (QED) is 0.154. The lowest BCUT2D eigenvalue weighted by Gasteiger charge is -2.42. The van der Waals surface area contributed by atoms with Gasteiger partial charge < -0.3 is 10.2 Å². The van der Waals surface area contributed by atoms with E-state index in [9.17, 15) is 79.4 Å². The van der Waals surface area contributed by atoms with Crippen molar-refractivity contribution in [3.8, 4) is 0 Å². The number of carbonyl (C=O) groups excluding carboxylic acids is 1. The Morgan fingerprint density at radius 1 is 0.641 bits per heavy atom. The number of carbonyl (C=O) groups is 1. The molecular weight excluding hydrogens is 615 g/mol. The first-order chi connectivity index (χ1) is 17.1. The molecule has 0 aliphatic rings. The van der Waals surface area contributed by atoms with Gasteiger partial charge in [-0.25, -0.2) is 0 Å². The van der Waals surface area contributed by atoms with Crippen LogP contribution in [0.4, 0.5) is 74.6 Å². The minimum atomic E-state index is -8.63. The first-order valence-electron chi connectivity index (χ1n) is 10.3. The van der Waals surface area contributed by atoms with Crippen LogP contribution in [0.1, 0.15) is 19.3 Å². The van der Waals surface area contributed by atoms with Gasteiger partial charge >= 0.3 is 47.6 Å². The van der Waals surface area contributed by atoms with E-state index in [1.165, 1.54) is 0 Å². The zero-order valence-electron chi connectivity index (χ0n) is 19.6. The average molecular weight is 636 g/mol. The Bertz CT molecular complexity index is 814. The van der Waals surface area contributed by atoms with Gasteiger partial charge in [0.2, 0.25) is 5.91 Å². The Morgan fingerprint density at radius 3 is 1.46 bits per heavy atom. The van der Waals surface area contributed by atoms with Gasteiger partial charge in [0.1, 0.15) is 0 Å². The van der Waals surface area contributed by atoms with Crippen molar-refractivity contribution in [3.63, 3.8) is 0 Å². The summed E-state index contributed by atoms with van der Waals surface area (Å²) in [5.74, 6) is -58.6. The predicted molar refractivity (Wildman–Crippen MR) is 103 cm³/mol. The van der Waals surface area contributed by atoms with Crippen molar-refractivity contribution in [2.24, 2.45) is 0 Å². The molecule has 0 fully saturated rings. The average Bonchev–Trinajstić information content (AvgIpc) is 2.74. The monoisotopic (exact) mass is 636 g/mol. The van der Waals surface area contributed by atoms with Gasteiger partial charge in [-0.05, 0) is 32.8 Å². The Kier molecular flexibility index (Phi) is 11.8. The third kappa shape index (κ3) is 7.27. The molecule has 0 atom stereocenters. The molecule has 0 saturated carbocycles. The Hall–Kier alpha value is -1.41. The lowest BCUT2D eigenvalue weighted by atomic mass is 9.88. The maximum absolute atomic E-state index is 13.8. The standard InChI is InChI=1S/C18H21F17N2OS/c1-37(2)7-3-6-36-10(38)4-8-39-9-5-11(19,20)12(21,22)13(23,24)14(25,26)15(27,28)16(29,30)17(31,32)18(33,34)35/h3-9H2,1-2H3,(H,36,38). The largest absolute Gasteiger partial charge is 0.460 e. The molecule has 0 spiro atoms. The summed E-state index contributed by atoms with van der Waals surface area (Å²) < 4.78 is 224. The van der Waals surface area contributed by atoms with Crippen LogP contribution in [0, 0.1) is 0 Å². The highest BCUT2D eigenvalue weighted by Gasteiger charge is 2.95. The van der Waals surface area contributed by atoms with E-state index in [0.29, 0.717) is 13.0 Å². The number of nitrogens with zero attached hydrogens (tertiary/aromatic N) is 1. The van der Waals surface area contributed by atoms with E-state index in [2.05, 4.69) is 5.32 Å². The summed E-state index contributed by atoms with van der Waals surface area (Å²) in [7, 11) is 3.45. The third-order valence-electron chi connectivity index (χ3n) is 4.93. The van der Waals surface area contributed by atoms with E-state index in [0.717, 1.165) is 0 Å². The van der Waals surface area contributed by atoms with Gasteiger partial charge in [0.15, 0.2) is 0 Å². The fourth-order valence-electron chi connectivity index (χ4n) is 2.53. The molecular formula is C18H21F17N2OS. The number of hydrogen-bond donors (Lipinski definition) is 1. The molecule has 0 radical (unpaired) electrons. The maximum atomic E-state index is 13.8. The Morgan fingerprint density at radius 2 is 1.05 bits per heavy atom. The molecule has 1 amide bonds. The first-order valence-corrected chi connectivity index (χ1v) is 11.4. The molecule has 0 heterocycles. The summed E-state index contributed by atoms with van der Waals surface area (Å²) in [6.45, 7) is 0.740. The van der Waals surface area contributed by atoms with Gasteiger partial charge in [0, 0.05) is 25.1 Å². The van der Waals surface area contributed by atoms with Crippen molar-refractivity contribution in [1.82, 2.24) is 10.2 Å². The van der Waals surface area contributed by atoms with Crippen LogP contribution in [-0.2, 0) is 4.79 Å². The second-order valence-electron chi connectivity index (χ2n) is 8.27. The van der Waals surface area contributed by atoms with Gasteiger partial charge in [0.25, 0.3) is 0 Å². The number of rotatable bonds is 16. The van der Waals surface area contributed by atoms with E-state index in [-0.39, 0.29) is 18.3 Å². The molecule has 0 bridgehead atoms. The fraction of sp³-hybridized carbons (Fsp3) is 0.944. The fourth-order valence-corrected chi connectivity index (χ4v) is 3.47. The number of amides is 1. The topological polar surface area (TPSA) is 32.3 Å². The Balaban J connectivity index is 5.56.